The van der Waals surface area contributed by atoms with Gasteiger partial charge in [0, 0.05) is 22.9 Å². The number of benzene rings is 2. The Bertz CT molecular complexity index is 856. The first-order chi connectivity index (χ1) is 12.1. The van der Waals surface area contributed by atoms with Crippen molar-refractivity contribution < 1.29 is 9.69 Å². The molecule has 128 valence electrons. The number of carbonyl (C=O) groups excluding carboxylic acids is 1. The van der Waals surface area contributed by atoms with Crippen LogP contribution < -0.4 is 9.80 Å². The van der Waals surface area contributed by atoms with Crippen LogP contribution in [0.1, 0.15) is 24.0 Å². The van der Waals surface area contributed by atoms with Crippen molar-refractivity contribution in [1.29, 1.82) is 0 Å². The zero-order valence-electron chi connectivity index (χ0n) is 14.3. The number of halogens is 1. The Morgan fingerprint density at radius 3 is 2.68 bits per heavy atom. The Kier molecular flexibility index (Phi) is 4.44. The van der Waals surface area contributed by atoms with Gasteiger partial charge in [0.25, 0.3) is 5.91 Å². The highest BCUT2D eigenvalue weighted by atomic mass is 79.9. The summed E-state index contributed by atoms with van der Waals surface area (Å²) in [7, 11) is 0. The van der Waals surface area contributed by atoms with Gasteiger partial charge in [0.15, 0.2) is 6.67 Å². The van der Waals surface area contributed by atoms with Crippen LogP contribution in [0.15, 0.2) is 51.9 Å². The van der Waals surface area contributed by atoms with Crippen molar-refractivity contribution in [3.05, 3.63) is 58.1 Å². The second-order valence-corrected chi connectivity index (χ2v) is 7.61. The lowest BCUT2D eigenvalue weighted by molar-refractivity contribution is -0.886. The highest BCUT2D eigenvalue weighted by molar-refractivity contribution is 9.10. The molecule has 4 rings (SSSR count). The van der Waals surface area contributed by atoms with Gasteiger partial charge in [-0.1, -0.05) is 40.2 Å². The molecule has 0 aliphatic carbocycles. The van der Waals surface area contributed by atoms with E-state index in [0.29, 0.717) is 5.71 Å². The largest absolute Gasteiger partial charge is 0.317 e. The quantitative estimate of drug-likeness (QED) is 0.847. The Labute approximate surface area is 156 Å². The van der Waals surface area contributed by atoms with Gasteiger partial charge in [-0.25, -0.2) is 4.99 Å². The molecular weight excluding hydrogens is 378 g/mol. The number of hydrogen-bond donors (Lipinski definition) is 1. The Balaban J connectivity index is 1.71. The molecule has 1 fully saturated rings. The Hall–Kier alpha value is -1.98. The second kappa shape index (κ2) is 6.73. The van der Waals surface area contributed by atoms with Gasteiger partial charge in [-0.15, -0.1) is 0 Å². The molecule has 0 saturated carbocycles. The zero-order valence-corrected chi connectivity index (χ0v) is 15.8. The van der Waals surface area contributed by atoms with Crippen LogP contribution in [0.5, 0.6) is 0 Å². The zero-order chi connectivity index (χ0) is 17.4. The molecule has 2 heterocycles. The normalized spacial score (nSPS) is 19.0. The van der Waals surface area contributed by atoms with E-state index in [2.05, 4.69) is 15.9 Å². The fraction of sp³-hybridized carbons (Fsp3) is 0.300. The number of hydrogen-bond acceptors (Lipinski definition) is 2. The van der Waals surface area contributed by atoms with Gasteiger partial charge in [0.1, 0.15) is 5.71 Å². The molecule has 0 aromatic heterocycles. The van der Waals surface area contributed by atoms with Gasteiger partial charge in [-0.2, -0.15) is 0 Å². The predicted molar refractivity (Wildman–Crippen MR) is 104 cm³/mol. The van der Waals surface area contributed by atoms with E-state index in [-0.39, 0.29) is 5.91 Å². The lowest BCUT2D eigenvalue weighted by Crippen LogP contribution is -3.11. The van der Waals surface area contributed by atoms with Gasteiger partial charge in [-0.05, 0) is 30.7 Å². The average Bonchev–Trinajstić information content (AvgIpc) is 3.21. The number of rotatable bonds is 3. The first-order valence-corrected chi connectivity index (χ1v) is 9.52. The van der Waals surface area contributed by atoms with Crippen molar-refractivity contribution in [3.8, 4) is 0 Å². The van der Waals surface area contributed by atoms with Crippen LogP contribution in [0.4, 0.5) is 11.4 Å². The summed E-state index contributed by atoms with van der Waals surface area (Å²) < 4.78 is 1.01. The predicted octanol–water partition coefficient (Wildman–Crippen LogP) is 2.86. The van der Waals surface area contributed by atoms with Crippen molar-refractivity contribution in [1.82, 2.24) is 0 Å². The molecule has 4 nitrogen and oxygen atoms in total. The maximum absolute atomic E-state index is 13.1. The molecule has 0 radical (unpaired) electrons. The van der Waals surface area contributed by atoms with E-state index in [0.717, 1.165) is 46.7 Å². The van der Waals surface area contributed by atoms with Crippen molar-refractivity contribution in [3.63, 3.8) is 0 Å². The smallest absolute Gasteiger partial charge is 0.281 e. The number of carbonyl (C=O) groups is 1. The number of fused-ring (bicyclic) bond motifs is 1. The monoisotopic (exact) mass is 398 g/mol. The van der Waals surface area contributed by atoms with E-state index in [4.69, 9.17) is 4.99 Å². The maximum Gasteiger partial charge on any atom is 0.281 e. The first-order valence-electron chi connectivity index (χ1n) is 8.73. The molecule has 0 bridgehead atoms. The fourth-order valence-corrected chi connectivity index (χ4v) is 3.93. The number of quaternary nitrogens is 1. The van der Waals surface area contributed by atoms with Crippen molar-refractivity contribution in [2.75, 3.05) is 24.7 Å². The molecule has 0 atom stereocenters. The van der Waals surface area contributed by atoms with Crippen LogP contribution in [0, 0.1) is 6.92 Å². The number of amides is 1. The van der Waals surface area contributed by atoms with E-state index < -0.39 is 0 Å². The number of anilines is 1. The highest BCUT2D eigenvalue weighted by Gasteiger charge is 2.36. The molecule has 1 amide bonds. The van der Waals surface area contributed by atoms with E-state index in [1.807, 2.05) is 54.3 Å². The van der Waals surface area contributed by atoms with E-state index in [1.54, 1.807) is 0 Å². The highest BCUT2D eigenvalue weighted by Crippen LogP contribution is 2.31. The fourth-order valence-electron chi connectivity index (χ4n) is 3.56. The first kappa shape index (κ1) is 16.5. The Morgan fingerprint density at radius 1 is 1.16 bits per heavy atom. The Morgan fingerprint density at radius 2 is 1.92 bits per heavy atom. The van der Waals surface area contributed by atoms with Crippen molar-refractivity contribution in [2.24, 2.45) is 4.99 Å². The maximum atomic E-state index is 13.1. The summed E-state index contributed by atoms with van der Waals surface area (Å²) in [6.07, 6.45) is 2.49. The van der Waals surface area contributed by atoms with E-state index in [9.17, 15) is 4.79 Å². The summed E-state index contributed by atoms with van der Waals surface area (Å²) in [5.74, 6) is 0.0114. The van der Waals surface area contributed by atoms with Gasteiger partial charge in [0.05, 0.1) is 24.5 Å². The molecule has 5 heteroatoms. The molecule has 2 aromatic carbocycles. The molecule has 2 aromatic rings. The molecule has 2 aliphatic rings. The van der Waals surface area contributed by atoms with Crippen LogP contribution >= 0.6 is 15.9 Å². The molecule has 2 aliphatic heterocycles. The molecule has 0 unspecified atom stereocenters. The lowest BCUT2D eigenvalue weighted by atomic mass is 10.1. The number of likely N-dealkylation sites (tertiary alicyclic amines) is 1. The van der Waals surface area contributed by atoms with Gasteiger partial charge >= 0.3 is 0 Å². The third kappa shape index (κ3) is 3.14. The lowest BCUT2D eigenvalue weighted by Gasteiger charge is -2.21. The molecule has 1 saturated heterocycles. The van der Waals surface area contributed by atoms with Crippen LogP contribution in [0.3, 0.4) is 0 Å². The molecule has 25 heavy (non-hydrogen) atoms. The van der Waals surface area contributed by atoms with Crippen molar-refractivity contribution >= 4 is 38.9 Å². The summed E-state index contributed by atoms with van der Waals surface area (Å²) in [6.45, 7) is 5.05. The van der Waals surface area contributed by atoms with Crippen LogP contribution in [-0.4, -0.2) is 31.4 Å². The second-order valence-electron chi connectivity index (χ2n) is 6.76. The summed E-state index contributed by atoms with van der Waals surface area (Å²) in [6, 6.07) is 13.9. The van der Waals surface area contributed by atoms with Gasteiger partial charge < -0.3 is 4.90 Å². The molecule has 0 spiro atoms. The van der Waals surface area contributed by atoms with E-state index >= 15 is 0 Å². The minimum Gasteiger partial charge on any atom is -0.317 e. The molecule has 1 N–H and O–H groups in total. The summed E-state index contributed by atoms with van der Waals surface area (Å²) >= 11 is 3.54. The van der Waals surface area contributed by atoms with Gasteiger partial charge in [-0.3, -0.25) is 9.69 Å². The SMILES string of the molecule is Cc1ccc(N=C2C(=O)N(C[NH+]3CCCC3)c3ccccc32)cc1Br. The van der Waals surface area contributed by atoms with Crippen LogP contribution in [0.25, 0.3) is 0 Å². The van der Waals surface area contributed by atoms with Crippen LogP contribution in [-0.2, 0) is 4.79 Å². The molecular formula is C20H21BrN3O+. The third-order valence-electron chi connectivity index (χ3n) is 4.99. The van der Waals surface area contributed by atoms with Crippen molar-refractivity contribution in [2.45, 2.75) is 19.8 Å². The minimum atomic E-state index is 0.0114. The topological polar surface area (TPSA) is 37.1 Å². The summed E-state index contributed by atoms with van der Waals surface area (Å²) in [4.78, 5) is 21.1. The van der Waals surface area contributed by atoms with Gasteiger partial charge in [0.2, 0.25) is 0 Å². The number of para-hydroxylation sites is 1. The number of nitrogens with zero attached hydrogens (tertiary/aromatic N) is 2. The number of aliphatic imine (C=N–C) groups is 1. The van der Waals surface area contributed by atoms with E-state index in [1.165, 1.54) is 17.7 Å². The number of nitrogens with one attached hydrogen (secondary N) is 1. The van der Waals surface area contributed by atoms with Crippen LogP contribution in [0.2, 0.25) is 0 Å². The third-order valence-corrected chi connectivity index (χ3v) is 5.84. The summed E-state index contributed by atoms with van der Waals surface area (Å²) in [5.41, 5.74) is 4.41. The minimum absolute atomic E-state index is 0.0114. The number of aryl methyl sites for hydroxylation is 1. The standard InChI is InChI=1S/C20H20BrN3O/c1-14-8-9-15(12-17(14)21)22-19-16-6-2-3-7-18(16)24(20(19)25)13-23-10-4-5-11-23/h2-3,6-9,12H,4-5,10-11,13H2,1H3/p+1. The average molecular weight is 399 g/mol. The summed E-state index contributed by atoms with van der Waals surface area (Å²) in [5, 5.41) is 0.